The van der Waals surface area contributed by atoms with Crippen LogP contribution in [0.3, 0.4) is 0 Å². The van der Waals surface area contributed by atoms with Crippen molar-refractivity contribution < 1.29 is 4.79 Å². The van der Waals surface area contributed by atoms with Crippen molar-refractivity contribution in [3.05, 3.63) is 41.2 Å². The van der Waals surface area contributed by atoms with Crippen molar-refractivity contribution in [2.24, 2.45) is 5.73 Å². The molecule has 1 saturated heterocycles. The molecule has 0 radical (unpaired) electrons. The van der Waals surface area contributed by atoms with Gasteiger partial charge in [-0.2, -0.15) is 5.10 Å². The highest BCUT2D eigenvalue weighted by Crippen LogP contribution is 2.27. The van der Waals surface area contributed by atoms with E-state index in [0.29, 0.717) is 33.7 Å². The number of amides is 1. The van der Waals surface area contributed by atoms with Crippen molar-refractivity contribution in [2.45, 2.75) is 0 Å². The Morgan fingerprint density at radius 2 is 1.93 bits per heavy atom. The lowest BCUT2D eigenvalue weighted by molar-refractivity contribution is 0.100. The lowest BCUT2D eigenvalue weighted by Crippen LogP contribution is -2.44. The van der Waals surface area contributed by atoms with Gasteiger partial charge in [-0.25, -0.2) is 24.5 Å². The van der Waals surface area contributed by atoms with Crippen LogP contribution in [-0.2, 0) is 0 Å². The molecule has 4 N–H and O–H groups in total. The summed E-state index contributed by atoms with van der Waals surface area (Å²) in [6.45, 7) is 3.62. The van der Waals surface area contributed by atoms with Gasteiger partial charge in [0.05, 0.1) is 34.8 Å². The highest BCUT2D eigenvalue weighted by Gasteiger charge is 2.16. The number of hydrogen-bond donors (Lipinski definition) is 3. The molecule has 0 atom stereocenters. The molecule has 11 nitrogen and oxygen atoms in total. The molecule has 5 rings (SSSR count). The van der Waals surface area contributed by atoms with Gasteiger partial charge in [0.1, 0.15) is 6.33 Å². The molecule has 0 aliphatic carbocycles. The van der Waals surface area contributed by atoms with E-state index >= 15 is 0 Å². The second-order valence-corrected chi connectivity index (χ2v) is 7.60. The standard InChI is InChI=1S/C18H18N10OS/c19-15(29)14-5-11(9-30-14)13-8-21-16(17-24-10-25-28(13)17)26-12-6-22-18(23-7-12)27-3-1-20-2-4-27/h5-10,20H,1-4H2,(H2,19,29)(H,21,26). The summed E-state index contributed by atoms with van der Waals surface area (Å²) in [6.07, 6.45) is 6.58. The van der Waals surface area contributed by atoms with Gasteiger partial charge in [0.15, 0.2) is 11.5 Å². The Balaban J connectivity index is 1.41. The number of carbonyl (C=O) groups excluding carboxylic acids is 1. The first kappa shape index (κ1) is 18.4. The number of nitrogens with zero attached hydrogens (tertiary/aromatic N) is 7. The molecule has 4 aromatic rings. The monoisotopic (exact) mass is 422 g/mol. The Morgan fingerprint density at radius 3 is 2.67 bits per heavy atom. The summed E-state index contributed by atoms with van der Waals surface area (Å²) >= 11 is 1.28. The number of aromatic nitrogens is 6. The number of hydrogen-bond acceptors (Lipinski definition) is 10. The van der Waals surface area contributed by atoms with Gasteiger partial charge in [-0.1, -0.05) is 0 Å². The molecule has 1 amide bonds. The summed E-state index contributed by atoms with van der Waals surface area (Å²) in [5.74, 6) is 0.775. The van der Waals surface area contributed by atoms with Crippen LogP contribution in [0.4, 0.5) is 17.5 Å². The molecule has 12 heteroatoms. The molecule has 1 fully saturated rings. The first-order valence-electron chi connectivity index (χ1n) is 9.31. The van der Waals surface area contributed by atoms with Crippen LogP contribution in [0.1, 0.15) is 9.67 Å². The van der Waals surface area contributed by atoms with E-state index in [1.807, 2.05) is 5.38 Å². The normalized spacial score (nSPS) is 14.2. The van der Waals surface area contributed by atoms with Crippen LogP contribution in [0.25, 0.3) is 16.9 Å². The van der Waals surface area contributed by atoms with E-state index < -0.39 is 5.91 Å². The number of fused-ring (bicyclic) bond motifs is 1. The molecular formula is C18H18N10OS. The molecule has 4 aromatic heterocycles. The van der Waals surface area contributed by atoms with E-state index in [9.17, 15) is 4.79 Å². The van der Waals surface area contributed by atoms with Gasteiger partial charge in [0, 0.05) is 37.1 Å². The molecule has 0 spiro atoms. The van der Waals surface area contributed by atoms with Crippen molar-refractivity contribution in [1.82, 2.24) is 34.9 Å². The Hall–Kier alpha value is -3.64. The predicted molar refractivity (Wildman–Crippen MR) is 113 cm³/mol. The minimum absolute atomic E-state index is 0.461. The van der Waals surface area contributed by atoms with Gasteiger partial charge in [0.25, 0.3) is 5.91 Å². The lowest BCUT2D eigenvalue weighted by atomic mass is 10.2. The first-order chi connectivity index (χ1) is 14.7. The van der Waals surface area contributed by atoms with Crippen LogP contribution < -0.4 is 21.3 Å². The lowest BCUT2D eigenvalue weighted by Gasteiger charge is -2.27. The van der Waals surface area contributed by atoms with Gasteiger partial charge in [-0.05, 0) is 6.07 Å². The molecule has 30 heavy (non-hydrogen) atoms. The molecule has 0 aromatic carbocycles. The van der Waals surface area contributed by atoms with Crippen molar-refractivity contribution >= 4 is 40.3 Å². The van der Waals surface area contributed by atoms with Crippen molar-refractivity contribution in [2.75, 3.05) is 36.4 Å². The first-order valence-corrected chi connectivity index (χ1v) is 10.2. The predicted octanol–water partition coefficient (Wildman–Crippen LogP) is 0.895. The number of nitrogens with one attached hydrogen (secondary N) is 2. The molecule has 1 aliphatic rings. The van der Waals surface area contributed by atoms with E-state index in [4.69, 9.17) is 5.73 Å². The summed E-state index contributed by atoms with van der Waals surface area (Å²) in [5.41, 5.74) is 8.11. The van der Waals surface area contributed by atoms with Gasteiger partial charge in [-0.3, -0.25) is 4.79 Å². The quantitative estimate of drug-likeness (QED) is 0.428. The number of rotatable bonds is 5. The summed E-state index contributed by atoms with van der Waals surface area (Å²) in [7, 11) is 0. The van der Waals surface area contributed by atoms with Crippen LogP contribution in [0.2, 0.25) is 0 Å². The Bertz CT molecular complexity index is 1200. The SMILES string of the molecule is NC(=O)c1cc(-c2cnc(Nc3cnc(N4CCNCC4)nc3)c3ncnn23)cs1. The average molecular weight is 422 g/mol. The fourth-order valence-corrected chi connectivity index (χ4v) is 4.01. The Morgan fingerprint density at radius 1 is 1.13 bits per heavy atom. The fourth-order valence-electron chi connectivity index (χ4n) is 3.25. The number of anilines is 3. The second-order valence-electron chi connectivity index (χ2n) is 6.69. The van der Waals surface area contributed by atoms with Gasteiger partial charge in [-0.15, -0.1) is 11.3 Å². The van der Waals surface area contributed by atoms with Crippen molar-refractivity contribution in [1.29, 1.82) is 0 Å². The van der Waals surface area contributed by atoms with Crippen LogP contribution in [0.5, 0.6) is 0 Å². The molecule has 0 saturated carbocycles. The largest absolute Gasteiger partial charge is 0.365 e. The summed E-state index contributed by atoms with van der Waals surface area (Å²) in [4.78, 5) is 31.8. The molecule has 0 unspecified atom stereocenters. The number of primary amides is 1. The van der Waals surface area contributed by atoms with Crippen LogP contribution >= 0.6 is 11.3 Å². The van der Waals surface area contributed by atoms with E-state index in [2.05, 4.69) is 40.6 Å². The molecule has 1 aliphatic heterocycles. The zero-order valence-electron chi connectivity index (χ0n) is 15.8. The highest BCUT2D eigenvalue weighted by molar-refractivity contribution is 7.12. The topological polar surface area (TPSA) is 139 Å². The van der Waals surface area contributed by atoms with Crippen LogP contribution in [0.15, 0.2) is 36.4 Å². The number of thiophene rings is 1. The third-order valence-electron chi connectivity index (χ3n) is 4.74. The van der Waals surface area contributed by atoms with Crippen molar-refractivity contribution in [3.8, 4) is 11.3 Å². The smallest absolute Gasteiger partial charge is 0.258 e. The van der Waals surface area contributed by atoms with Crippen LogP contribution in [-0.4, -0.2) is 61.6 Å². The van der Waals surface area contributed by atoms with Gasteiger partial charge >= 0.3 is 0 Å². The third kappa shape index (κ3) is 3.42. The molecule has 152 valence electrons. The maximum atomic E-state index is 11.4. The molecular weight excluding hydrogens is 404 g/mol. The summed E-state index contributed by atoms with van der Waals surface area (Å²) in [6, 6.07) is 1.72. The zero-order chi connectivity index (χ0) is 20.5. The van der Waals surface area contributed by atoms with E-state index in [1.165, 1.54) is 17.7 Å². The maximum Gasteiger partial charge on any atom is 0.258 e. The summed E-state index contributed by atoms with van der Waals surface area (Å²) in [5, 5.41) is 12.7. The maximum absolute atomic E-state index is 11.4. The Labute approximate surface area is 175 Å². The molecule has 0 bridgehead atoms. The summed E-state index contributed by atoms with van der Waals surface area (Å²) < 4.78 is 1.66. The molecule has 5 heterocycles. The number of carbonyl (C=O) groups is 1. The number of nitrogens with two attached hydrogens (primary N) is 1. The minimum Gasteiger partial charge on any atom is -0.365 e. The Kier molecular flexibility index (Phi) is 4.69. The second kappa shape index (κ2) is 7.65. The van der Waals surface area contributed by atoms with Crippen LogP contribution in [0, 0.1) is 0 Å². The minimum atomic E-state index is -0.461. The van der Waals surface area contributed by atoms with E-state index in [0.717, 1.165) is 31.7 Å². The zero-order valence-corrected chi connectivity index (χ0v) is 16.6. The third-order valence-corrected chi connectivity index (χ3v) is 5.69. The fraction of sp³-hybridized carbons (Fsp3) is 0.222. The van der Waals surface area contributed by atoms with E-state index in [-0.39, 0.29) is 0 Å². The number of piperazine rings is 1. The average Bonchev–Trinajstić information content (AvgIpc) is 3.46. The van der Waals surface area contributed by atoms with Gasteiger partial charge in [0.2, 0.25) is 5.95 Å². The van der Waals surface area contributed by atoms with Crippen molar-refractivity contribution in [3.63, 3.8) is 0 Å². The van der Waals surface area contributed by atoms with Gasteiger partial charge < -0.3 is 21.3 Å². The van der Waals surface area contributed by atoms with E-state index in [1.54, 1.807) is 29.2 Å². The highest BCUT2D eigenvalue weighted by atomic mass is 32.1.